The minimum Gasteiger partial charge on any atom is -0.478 e. The number of aromatic nitrogens is 2. The van der Waals surface area contributed by atoms with Crippen LogP contribution in [-0.4, -0.2) is 44.8 Å². The van der Waals surface area contributed by atoms with Gasteiger partial charge < -0.3 is 10.0 Å². The second-order valence-corrected chi connectivity index (χ2v) is 5.54. The van der Waals surface area contributed by atoms with Crippen molar-refractivity contribution < 1.29 is 19.1 Å². The first-order valence-electron chi connectivity index (χ1n) is 7.37. The highest BCUT2D eigenvalue weighted by molar-refractivity contribution is 5.94. The Bertz CT molecular complexity index is 718. The maximum atomic E-state index is 12.9. The lowest BCUT2D eigenvalue weighted by Gasteiger charge is -2.32. The van der Waals surface area contributed by atoms with E-state index in [-0.39, 0.29) is 23.3 Å². The molecule has 1 N–H and O–H groups in total. The van der Waals surface area contributed by atoms with Crippen molar-refractivity contribution in [3.63, 3.8) is 0 Å². The first kappa shape index (κ1) is 15.2. The summed E-state index contributed by atoms with van der Waals surface area (Å²) in [5.41, 5.74) is 0.631. The number of nitrogens with zero attached hydrogens (tertiary/aromatic N) is 3. The second kappa shape index (κ2) is 6.20. The summed E-state index contributed by atoms with van der Waals surface area (Å²) in [5.74, 6) is -1.48. The standard InChI is InChI=1S/C16H16FN3O3/c17-13-3-1-11(2-4-13)15(21)19-7-5-14(6-8-19)20-10-12(9-18-20)16(22)23/h1-4,9-10,14H,5-8H2,(H,22,23). The van der Waals surface area contributed by atoms with Crippen molar-refractivity contribution in [2.75, 3.05) is 13.1 Å². The molecule has 1 fully saturated rings. The molecule has 3 rings (SSSR count). The number of carboxylic acid groups (broad SMARTS) is 1. The van der Waals surface area contributed by atoms with E-state index in [9.17, 15) is 14.0 Å². The van der Waals surface area contributed by atoms with Crippen LogP contribution < -0.4 is 0 Å². The number of benzene rings is 1. The average molecular weight is 317 g/mol. The summed E-state index contributed by atoms with van der Waals surface area (Å²) in [4.78, 5) is 25.0. The molecule has 0 atom stereocenters. The number of carbonyl (C=O) groups is 2. The Morgan fingerprint density at radius 1 is 1.13 bits per heavy atom. The third-order valence-corrected chi connectivity index (χ3v) is 4.07. The van der Waals surface area contributed by atoms with Crippen LogP contribution in [-0.2, 0) is 0 Å². The highest BCUT2D eigenvalue weighted by Gasteiger charge is 2.25. The number of aromatic carboxylic acids is 1. The zero-order valence-corrected chi connectivity index (χ0v) is 12.4. The Morgan fingerprint density at radius 2 is 1.78 bits per heavy atom. The first-order chi connectivity index (χ1) is 11.0. The van der Waals surface area contributed by atoms with Gasteiger partial charge in [-0.05, 0) is 37.1 Å². The van der Waals surface area contributed by atoms with Gasteiger partial charge in [-0.1, -0.05) is 0 Å². The maximum absolute atomic E-state index is 12.9. The Hall–Kier alpha value is -2.70. The summed E-state index contributed by atoms with van der Waals surface area (Å²) in [7, 11) is 0. The fourth-order valence-corrected chi connectivity index (χ4v) is 2.76. The van der Waals surface area contributed by atoms with Crippen LogP contribution in [0.4, 0.5) is 4.39 Å². The van der Waals surface area contributed by atoms with Gasteiger partial charge in [0.2, 0.25) is 0 Å². The monoisotopic (exact) mass is 317 g/mol. The number of hydrogen-bond donors (Lipinski definition) is 1. The van der Waals surface area contributed by atoms with Crippen molar-refractivity contribution in [2.24, 2.45) is 0 Å². The van der Waals surface area contributed by atoms with E-state index >= 15 is 0 Å². The van der Waals surface area contributed by atoms with Crippen LogP contribution in [0.2, 0.25) is 0 Å². The van der Waals surface area contributed by atoms with Crippen LogP contribution in [0.5, 0.6) is 0 Å². The molecule has 6 nitrogen and oxygen atoms in total. The molecule has 1 aromatic heterocycles. The van der Waals surface area contributed by atoms with E-state index in [1.807, 2.05) is 0 Å². The predicted octanol–water partition coefficient (Wildman–Crippen LogP) is 2.20. The van der Waals surface area contributed by atoms with Gasteiger partial charge in [0, 0.05) is 24.8 Å². The number of amides is 1. The van der Waals surface area contributed by atoms with E-state index in [1.165, 1.54) is 36.7 Å². The SMILES string of the molecule is O=C(O)c1cnn(C2CCN(C(=O)c3ccc(F)cc3)CC2)c1. The van der Waals surface area contributed by atoms with Crippen molar-refractivity contribution in [3.8, 4) is 0 Å². The molecule has 120 valence electrons. The lowest BCUT2D eigenvalue weighted by Crippen LogP contribution is -2.39. The predicted molar refractivity (Wildman–Crippen MR) is 79.8 cm³/mol. The molecule has 0 unspecified atom stereocenters. The van der Waals surface area contributed by atoms with Crippen molar-refractivity contribution >= 4 is 11.9 Å². The van der Waals surface area contributed by atoms with E-state index in [2.05, 4.69) is 5.10 Å². The summed E-state index contributed by atoms with van der Waals surface area (Å²) in [6, 6.07) is 5.60. The molecule has 1 saturated heterocycles. The zero-order valence-electron chi connectivity index (χ0n) is 12.4. The van der Waals surface area contributed by atoms with Gasteiger partial charge >= 0.3 is 5.97 Å². The largest absolute Gasteiger partial charge is 0.478 e. The molecular formula is C16H16FN3O3. The molecule has 0 aliphatic carbocycles. The van der Waals surface area contributed by atoms with E-state index in [0.717, 1.165) is 0 Å². The maximum Gasteiger partial charge on any atom is 0.338 e. The summed E-state index contributed by atoms with van der Waals surface area (Å²) in [6.45, 7) is 1.12. The van der Waals surface area contributed by atoms with Crippen molar-refractivity contribution in [1.29, 1.82) is 0 Å². The minimum atomic E-state index is -1.000. The van der Waals surface area contributed by atoms with E-state index in [0.29, 0.717) is 31.5 Å². The molecule has 1 aliphatic heterocycles. The molecule has 0 bridgehead atoms. The average Bonchev–Trinajstić information content (AvgIpc) is 3.05. The lowest BCUT2D eigenvalue weighted by molar-refractivity contribution is 0.0688. The minimum absolute atomic E-state index is 0.0837. The van der Waals surface area contributed by atoms with Crippen LogP contribution in [0.25, 0.3) is 0 Å². The topological polar surface area (TPSA) is 75.4 Å². The number of halogens is 1. The molecule has 7 heteroatoms. The second-order valence-electron chi connectivity index (χ2n) is 5.54. The van der Waals surface area contributed by atoms with Crippen LogP contribution >= 0.6 is 0 Å². The highest BCUT2D eigenvalue weighted by atomic mass is 19.1. The third kappa shape index (κ3) is 3.23. The van der Waals surface area contributed by atoms with E-state index in [1.54, 1.807) is 9.58 Å². The number of hydrogen-bond acceptors (Lipinski definition) is 3. The van der Waals surface area contributed by atoms with Gasteiger partial charge in [-0.15, -0.1) is 0 Å². The van der Waals surface area contributed by atoms with E-state index in [4.69, 9.17) is 5.11 Å². The smallest absolute Gasteiger partial charge is 0.338 e. The Balaban J connectivity index is 1.62. The summed E-state index contributed by atoms with van der Waals surface area (Å²) < 4.78 is 14.6. The van der Waals surface area contributed by atoms with Crippen LogP contribution in [0, 0.1) is 5.82 Å². The summed E-state index contributed by atoms with van der Waals surface area (Å²) in [6.07, 6.45) is 4.25. The van der Waals surface area contributed by atoms with Gasteiger partial charge in [0.05, 0.1) is 17.8 Å². The molecule has 0 saturated carbocycles. The number of piperidine rings is 1. The molecule has 1 aromatic carbocycles. The normalized spacial score (nSPS) is 15.6. The number of carbonyl (C=O) groups excluding carboxylic acids is 1. The fourth-order valence-electron chi connectivity index (χ4n) is 2.76. The third-order valence-electron chi connectivity index (χ3n) is 4.07. The van der Waals surface area contributed by atoms with Crippen LogP contribution in [0.3, 0.4) is 0 Å². The number of rotatable bonds is 3. The Kier molecular flexibility index (Phi) is 4.10. The van der Waals surface area contributed by atoms with Gasteiger partial charge in [-0.3, -0.25) is 9.48 Å². The molecular weight excluding hydrogens is 301 g/mol. The molecule has 1 aliphatic rings. The first-order valence-corrected chi connectivity index (χ1v) is 7.37. The Morgan fingerprint density at radius 3 is 2.35 bits per heavy atom. The fraction of sp³-hybridized carbons (Fsp3) is 0.312. The zero-order chi connectivity index (χ0) is 16.4. The van der Waals surface area contributed by atoms with Crippen molar-refractivity contribution in [2.45, 2.75) is 18.9 Å². The summed E-state index contributed by atoms with van der Waals surface area (Å²) in [5, 5.41) is 13.0. The van der Waals surface area contributed by atoms with Crippen LogP contribution in [0.15, 0.2) is 36.7 Å². The van der Waals surface area contributed by atoms with Gasteiger partial charge in [-0.25, -0.2) is 9.18 Å². The summed E-state index contributed by atoms with van der Waals surface area (Å²) >= 11 is 0. The molecule has 2 aromatic rings. The van der Waals surface area contributed by atoms with E-state index < -0.39 is 5.97 Å². The van der Waals surface area contributed by atoms with Crippen molar-refractivity contribution in [1.82, 2.24) is 14.7 Å². The molecule has 1 amide bonds. The van der Waals surface area contributed by atoms with Gasteiger partial charge in [-0.2, -0.15) is 5.10 Å². The molecule has 0 spiro atoms. The number of carboxylic acids is 1. The quantitative estimate of drug-likeness (QED) is 0.941. The van der Waals surface area contributed by atoms with Gasteiger partial charge in [0.25, 0.3) is 5.91 Å². The highest BCUT2D eigenvalue weighted by Crippen LogP contribution is 2.23. The Labute approximate surface area is 132 Å². The lowest BCUT2D eigenvalue weighted by atomic mass is 10.0. The van der Waals surface area contributed by atoms with Gasteiger partial charge in [0.1, 0.15) is 5.82 Å². The van der Waals surface area contributed by atoms with Crippen molar-refractivity contribution in [3.05, 3.63) is 53.6 Å². The molecule has 2 heterocycles. The number of likely N-dealkylation sites (tertiary alicyclic amines) is 1. The van der Waals surface area contributed by atoms with Crippen LogP contribution in [0.1, 0.15) is 39.6 Å². The van der Waals surface area contributed by atoms with Gasteiger partial charge in [0.15, 0.2) is 0 Å². The molecule has 23 heavy (non-hydrogen) atoms. The molecule has 0 radical (unpaired) electrons.